The second-order valence-corrected chi connectivity index (χ2v) is 9.35. The van der Waals surface area contributed by atoms with E-state index >= 15 is 0 Å². The average Bonchev–Trinajstić information content (AvgIpc) is 2.95. The highest BCUT2D eigenvalue weighted by Crippen LogP contribution is 2.39. The van der Waals surface area contributed by atoms with Gasteiger partial charge >= 0.3 is 5.97 Å². The first-order chi connectivity index (χ1) is 18.5. The molecule has 3 aromatic carbocycles. The fourth-order valence-electron chi connectivity index (χ4n) is 4.51. The molecule has 200 valence electrons. The number of unbranched alkanes of at least 4 members (excludes halogenated alkanes) is 2. The second-order valence-electron chi connectivity index (χ2n) is 9.35. The molecule has 0 aliphatic carbocycles. The maximum absolute atomic E-state index is 13.6. The van der Waals surface area contributed by atoms with Gasteiger partial charge < -0.3 is 23.7 Å². The summed E-state index contributed by atoms with van der Waals surface area (Å²) in [5, 5.41) is 0. The largest absolute Gasteiger partial charge is 0.497 e. The normalized spacial score (nSPS) is 17.7. The number of para-hydroxylation sites is 1. The van der Waals surface area contributed by atoms with Crippen molar-refractivity contribution in [3.8, 4) is 23.0 Å². The van der Waals surface area contributed by atoms with Crippen LogP contribution in [0.2, 0.25) is 0 Å². The molecular weight excluding hydrogens is 480 g/mol. The lowest BCUT2D eigenvalue weighted by Gasteiger charge is -2.26. The molecule has 2 atom stereocenters. The van der Waals surface area contributed by atoms with Crippen LogP contribution in [0.4, 0.5) is 0 Å². The van der Waals surface area contributed by atoms with Gasteiger partial charge in [-0.15, -0.1) is 0 Å². The van der Waals surface area contributed by atoms with Crippen molar-refractivity contribution in [2.24, 2.45) is 0 Å². The van der Waals surface area contributed by atoms with Crippen LogP contribution in [0.1, 0.15) is 59.7 Å². The fourth-order valence-corrected chi connectivity index (χ4v) is 4.51. The van der Waals surface area contributed by atoms with Crippen LogP contribution in [0.3, 0.4) is 0 Å². The Kier molecular flexibility index (Phi) is 9.44. The summed E-state index contributed by atoms with van der Waals surface area (Å²) in [7, 11) is 3.24. The van der Waals surface area contributed by atoms with E-state index in [9.17, 15) is 4.79 Å². The third-order valence-electron chi connectivity index (χ3n) is 6.66. The van der Waals surface area contributed by atoms with Crippen molar-refractivity contribution >= 4 is 12.0 Å². The Labute approximate surface area is 225 Å². The summed E-state index contributed by atoms with van der Waals surface area (Å²) >= 11 is 0. The first-order valence-corrected chi connectivity index (χ1v) is 13.1. The van der Waals surface area contributed by atoms with E-state index in [0.717, 1.165) is 41.7 Å². The smallest absolute Gasteiger partial charge is 0.342 e. The van der Waals surface area contributed by atoms with Crippen LogP contribution in [0.5, 0.6) is 23.0 Å². The third-order valence-corrected chi connectivity index (χ3v) is 6.66. The molecule has 0 fully saturated rings. The van der Waals surface area contributed by atoms with E-state index in [4.69, 9.17) is 23.7 Å². The van der Waals surface area contributed by atoms with Crippen LogP contribution in [0, 0.1) is 6.92 Å². The van der Waals surface area contributed by atoms with Crippen LogP contribution >= 0.6 is 0 Å². The number of methoxy groups -OCH3 is 2. The van der Waals surface area contributed by atoms with Crippen molar-refractivity contribution < 1.29 is 28.5 Å². The van der Waals surface area contributed by atoms with Crippen molar-refractivity contribution in [1.82, 2.24) is 0 Å². The molecule has 3 aromatic rings. The lowest BCUT2D eigenvalue weighted by Crippen LogP contribution is -2.32. The van der Waals surface area contributed by atoms with Crippen molar-refractivity contribution in [2.75, 3.05) is 14.2 Å². The number of rotatable bonds is 9. The van der Waals surface area contributed by atoms with Crippen LogP contribution in [0.25, 0.3) is 6.08 Å². The van der Waals surface area contributed by atoms with Crippen molar-refractivity contribution in [2.45, 2.75) is 58.3 Å². The summed E-state index contributed by atoms with van der Waals surface area (Å²) in [6.45, 7) is 4.40. The molecule has 6 heteroatoms. The molecule has 4 rings (SSSR count). The van der Waals surface area contributed by atoms with Crippen LogP contribution < -0.4 is 14.2 Å². The molecular formula is C32H36O6. The Bertz CT molecular complexity index is 1250. The van der Waals surface area contributed by atoms with E-state index in [1.54, 1.807) is 20.3 Å². The number of fused-ring (bicyclic) bond motifs is 2. The van der Waals surface area contributed by atoms with Gasteiger partial charge in [0.2, 0.25) is 0 Å². The molecule has 38 heavy (non-hydrogen) atoms. The van der Waals surface area contributed by atoms with Gasteiger partial charge in [0, 0.05) is 5.56 Å². The monoisotopic (exact) mass is 516 g/mol. The molecule has 1 heterocycles. The van der Waals surface area contributed by atoms with Gasteiger partial charge in [-0.2, -0.15) is 0 Å². The topological polar surface area (TPSA) is 63.2 Å². The van der Waals surface area contributed by atoms with Crippen LogP contribution in [-0.4, -0.2) is 32.4 Å². The highest BCUT2D eigenvalue weighted by atomic mass is 16.6. The quantitative estimate of drug-likeness (QED) is 0.216. The summed E-state index contributed by atoms with van der Waals surface area (Å²) in [6.07, 6.45) is 6.69. The number of esters is 1. The van der Waals surface area contributed by atoms with Gasteiger partial charge in [-0.1, -0.05) is 68.3 Å². The van der Waals surface area contributed by atoms with E-state index in [0.29, 0.717) is 35.8 Å². The molecule has 0 unspecified atom stereocenters. The highest BCUT2D eigenvalue weighted by molar-refractivity contribution is 5.94. The molecule has 6 nitrogen and oxygen atoms in total. The average molecular weight is 517 g/mol. The molecule has 0 aromatic heterocycles. The number of hydrogen-bond acceptors (Lipinski definition) is 6. The van der Waals surface area contributed by atoms with Crippen molar-refractivity contribution in [1.29, 1.82) is 0 Å². The molecule has 0 radical (unpaired) electrons. The molecule has 0 saturated carbocycles. The van der Waals surface area contributed by atoms with E-state index in [2.05, 4.69) is 6.92 Å². The Morgan fingerprint density at radius 2 is 1.71 bits per heavy atom. The standard InChI is InChI=1S/C32H36O6/c1-5-6-7-12-27-26(36-21-23-15-18-25(34-3)19-16-23)20-17-24-11-9-14-29(35-4)31(24)37-28-13-8-10-22(2)30(28)32(33)38-27/h8-11,13-20,26-27H,5-7,12,21H2,1-4H3/b20-17+/t26-,27+/m1/s1. The van der Waals surface area contributed by atoms with Gasteiger partial charge in [0.1, 0.15) is 29.3 Å². The van der Waals surface area contributed by atoms with E-state index in [1.165, 1.54) is 0 Å². The Morgan fingerprint density at radius 3 is 2.45 bits per heavy atom. The number of carbonyl (C=O) groups excluding carboxylic acids is 1. The van der Waals surface area contributed by atoms with E-state index in [-0.39, 0.29) is 0 Å². The number of carbonyl (C=O) groups is 1. The maximum atomic E-state index is 13.6. The summed E-state index contributed by atoms with van der Waals surface area (Å²) in [4.78, 5) is 13.6. The third kappa shape index (κ3) is 6.56. The summed E-state index contributed by atoms with van der Waals surface area (Å²) < 4.78 is 29.8. The maximum Gasteiger partial charge on any atom is 0.342 e. The van der Waals surface area contributed by atoms with Gasteiger partial charge in [-0.25, -0.2) is 4.79 Å². The highest BCUT2D eigenvalue weighted by Gasteiger charge is 2.29. The zero-order valence-corrected chi connectivity index (χ0v) is 22.6. The van der Waals surface area contributed by atoms with Crippen molar-refractivity contribution in [3.63, 3.8) is 0 Å². The first kappa shape index (κ1) is 27.3. The second kappa shape index (κ2) is 13.2. The minimum absolute atomic E-state index is 0.359. The van der Waals surface area contributed by atoms with Crippen LogP contribution in [0.15, 0.2) is 66.7 Å². The number of cyclic esters (lactones) is 1. The Hall–Kier alpha value is -3.77. The Balaban J connectivity index is 1.75. The van der Waals surface area contributed by atoms with Gasteiger partial charge in [0.15, 0.2) is 11.5 Å². The minimum atomic E-state index is -0.470. The zero-order chi connectivity index (χ0) is 26.9. The first-order valence-electron chi connectivity index (χ1n) is 13.1. The molecule has 0 spiro atoms. The van der Waals surface area contributed by atoms with Crippen molar-refractivity contribution in [3.05, 3.63) is 89.0 Å². The molecule has 0 N–H and O–H groups in total. The van der Waals surface area contributed by atoms with Gasteiger partial charge in [-0.3, -0.25) is 0 Å². The number of hydrogen-bond donors (Lipinski definition) is 0. The predicted octanol–water partition coefficient (Wildman–Crippen LogP) is 7.52. The van der Waals surface area contributed by atoms with E-state index in [1.807, 2.05) is 73.7 Å². The van der Waals surface area contributed by atoms with Gasteiger partial charge in [-0.05, 0) is 55.2 Å². The lowest BCUT2D eigenvalue weighted by molar-refractivity contribution is -0.0419. The zero-order valence-electron chi connectivity index (χ0n) is 22.6. The minimum Gasteiger partial charge on any atom is -0.497 e. The van der Waals surface area contributed by atoms with Crippen LogP contribution in [-0.2, 0) is 16.1 Å². The fraction of sp³-hybridized carbons (Fsp3) is 0.344. The summed E-state index contributed by atoms with van der Waals surface area (Å²) in [5.74, 6) is 1.89. The summed E-state index contributed by atoms with van der Waals surface area (Å²) in [5.41, 5.74) is 3.00. The van der Waals surface area contributed by atoms with Gasteiger partial charge in [0.25, 0.3) is 0 Å². The summed E-state index contributed by atoms with van der Waals surface area (Å²) in [6, 6.07) is 19.0. The lowest BCUT2D eigenvalue weighted by atomic mass is 10.0. The Morgan fingerprint density at radius 1 is 0.921 bits per heavy atom. The molecule has 0 bridgehead atoms. The number of benzene rings is 3. The predicted molar refractivity (Wildman–Crippen MR) is 148 cm³/mol. The molecule has 0 amide bonds. The molecule has 1 aliphatic heterocycles. The molecule has 1 aliphatic rings. The SMILES string of the molecule is CCCCC[C@@H]1OC(=O)c2c(C)cccc2Oc2c(cccc2OC)/C=C/[C@H]1OCc1ccc(OC)cc1. The molecule has 0 saturated heterocycles. The van der Waals surface area contributed by atoms with E-state index < -0.39 is 18.2 Å². The van der Waals surface area contributed by atoms with Gasteiger partial charge in [0.05, 0.1) is 20.8 Å². The number of ether oxygens (including phenoxy) is 5. The number of aryl methyl sites for hydroxylation is 1.